The highest BCUT2D eigenvalue weighted by molar-refractivity contribution is 6.31. The Labute approximate surface area is 182 Å². The number of aryl methyl sites for hydroxylation is 1. The SMILES string of the molecule is CC(=O)N1Cc2ccc(-n3c(C)cc(OCc4ccc(F)cc4F)c(Cl)c3=O)cc2C1. The highest BCUT2D eigenvalue weighted by Crippen LogP contribution is 2.28. The lowest BCUT2D eigenvalue weighted by Crippen LogP contribution is -2.22. The van der Waals surface area contributed by atoms with Gasteiger partial charge in [0, 0.05) is 49.1 Å². The number of hydrogen-bond acceptors (Lipinski definition) is 3. The van der Waals surface area contributed by atoms with Gasteiger partial charge >= 0.3 is 0 Å². The van der Waals surface area contributed by atoms with Crippen molar-refractivity contribution in [3.63, 3.8) is 0 Å². The molecule has 0 unspecified atom stereocenters. The van der Waals surface area contributed by atoms with Gasteiger partial charge in [0.1, 0.15) is 29.0 Å². The number of amides is 1. The molecule has 0 bridgehead atoms. The summed E-state index contributed by atoms with van der Waals surface area (Å²) in [5.41, 5.74) is 2.89. The first-order chi connectivity index (χ1) is 14.7. The maximum absolute atomic E-state index is 13.8. The van der Waals surface area contributed by atoms with Crippen LogP contribution in [0.4, 0.5) is 8.78 Å². The Balaban J connectivity index is 1.63. The zero-order chi connectivity index (χ0) is 22.3. The normalized spacial score (nSPS) is 12.7. The third-order valence-electron chi connectivity index (χ3n) is 5.31. The number of carbonyl (C=O) groups is 1. The fraction of sp³-hybridized carbons (Fsp3) is 0.217. The lowest BCUT2D eigenvalue weighted by Gasteiger charge is -2.15. The van der Waals surface area contributed by atoms with Gasteiger partial charge in [-0.15, -0.1) is 0 Å². The molecule has 1 amide bonds. The zero-order valence-corrected chi connectivity index (χ0v) is 17.7. The first-order valence-corrected chi connectivity index (χ1v) is 9.99. The summed E-state index contributed by atoms with van der Waals surface area (Å²) in [6.07, 6.45) is 0. The Kier molecular flexibility index (Phi) is 5.54. The third kappa shape index (κ3) is 4.05. The van der Waals surface area contributed by atoms with Crippen LogP contribution in [0.3, 0.4) is 0 Å². The van der Waals surface area contributed by atoms with Crippen LogP contribution in [0.5, 0.6) is 5.75 Å². The van der Waals surface area contributed by atoms with Gasteiger partial charge in [-0.1, -0.05) is 17.7 Å². The van der Waals surface area contributed by atoms with E-state index in [1.807, 2.05) is 18.2 Å². The summed E-state index contributed by atoms with van der Waals surface area (Å²) in [7, 11) is 0. The monoisotopic (exact) mass is 444 g/mol. The summed E-state index contributed by atoms with van der Waals surface area (Å²) in [6.45, 7) is 4.10. The van der Waals surface area contributed by atoms with Crippen LogP contribution in [0.15, 0.2) is 47.3 Å². The molecule has 4 rings (SSSR count). The molecule has 8 heteroatoms. The number of halogens is 3. The van der Waals surface area contributed by atoms with Crippen LogP contribution in [0.2, 0.25) is 5.02 Å². The van der Waals surface area contributed by atoms with Gasteiger partial charge in [-0.2, -0.15) is 0 Å². The quantitative estimate of drug-likeness (QED) is 0.594. The van der Waals surface area contributed by atoms with E-state index >= 15 is 0 Å². The van der Waals surface area contributed by atoms with E-state index in [0.29, 0.717) is 24.5 Å². The van der Waals surface area contributed by atoms with Gasteiger partial charge in [-0.25, -0.2) is 8.78 Å². The maximum atomic E-state index is 13.8. The molecule has 3 aromatic rings. The van der Waals surface area contributed by atoms with E-state index in [0.717, 1.165) is 23.3 Å². The molecule has 160 valence electrons. The largest absolute Gasteiger partial charge is 0.487 e. The van der Waals surface area contributed by atoms with E-state index in [9.17, 15) is 18.4 Å². The molecule has 2 aromatic carbocycles. The Morgan fingerprint density at radius 3 is 2.55 bits per heavy atom. The highest BCUT2D eigenvalue weighted by Gasteiger charge is 2.22. The van der Waals surface area contributed by atoms with E-state index in [4.69, 9.17) is 16.3 Å². The minimum atomic E-state index is -0.737. The summed E-state index contributed by atoms with van der Waals surface area (Å²) in [6, 6.07) is 10.4. The van der Waals surface area contributed by atoms with Crippen molar-refractivity contribution in [3.8, 4) is 11.4 Å². The summed E-state index contributed by atoms with van der Waals surface area (Å²) >= 11 is 6.27. The number of ether oxygens (including phenoxy) is 1. The van der Waals surface area contributed by atoms with Crippen LogP contribution >= 0.6 is 11.6 Å². The molecular formula is C23H19ClF2N2O3. The third-order valence-corrected chi connectivity index (χ3v) is 5.66. The molecule has 0 fully saturated rings. The van der Waals surface area contributed by atoms with Crippen LogP contribution in [0, 0.1) is 18.6 Å². The van der Waals surface area contributed by atoms with Crippen molar-refractivity contribution in [1.29, 1.82) is 0 Å². The van der Waals surface area contributed by atoms with Crippen molar-refractivity contribution in [3.05, 3.63) is 91.9 Å². The summed E-state index contributed by atoms with van der Waals surface area (Å²) < 4.78 is 33.9. The first kappa shape index (κ1) is 21.1. The number of nitrogens with zero attached hydrogens (tertiary/aromatic N) is 2. The number of pyridine rings is 1. The molecule has 0 saturated heterocycles. The molecule has 1 aliphatic heterocycles. The lowest BCUT2D eigenvalue weighted by atomic mass is 10.1. The van der Waals surface area contributed by atoms with Crippen molar-refractivity contribution < 1.29 is 18.3 Å². The van der Waals surface area contributed by atoms with Crippen molar-refractivity contribution in [2.24, 2.45) is 0 Å². The number of benzene rings is 2. The molecule has 1 aliphatic rings. The number of aromatic nitrogens is 1. The molecule has 0 spiro atoms. The average Bonchev–Trinajstić information content (AvgIpc) is 3.15. The first-order valence-electron chi connectivity index (χ1n) is 9.61. The van der Waals surface area contributed by atoms with Gasteiger partial charge in [0.25, 0.3) is 5.56 Å². The lowest BCUT2D eigenvalue weighted by molar-refractivity contribution is -0.129. The minimum absolute atomic E-state index is 0.00626. The molecule has 0 radical (unpaired) electrons. The van der Waals surface area contributed by atoms with Crippen molar-refractivity contribution in [1.82, 2.24) is 9.47 Å². The van der Waals surface area contributed by atoms with Crippen molar-refractivity contribution in [2.75, 3.05) is 0 Å². The van der Waals surface area contributed by atoms with Gasteiger partial charge in [0.15, 0.2) is 0 Å². The number of fused-ring (bicyclic) bond motifs is 1. The number of rotatable bonds is 4. The molecule has 0 N–H and O–H groups in total. The molecule has 0 aliphatic carbocycles. The van der Waals surface area contributed by atoms with Gasteiger partial charge in [0.2, 0.25) is 5.91 Å². The Morgan fingerprint density at radius 2 is 1.84 bits per heavy atom. The van der Waals surface area contributed by atoms with Crippen LogP contribution in [-0.2, 0) is 24.5 Å². The fourth-order valence-corrected chi connectivity index (χ4v) is 3.84. The Bertz CT molecular complexity index is 1260. The predicted molar refractivity (Wildman–Crippen MR) is 112 cm³/mol. The zero-order valence-electron chi connectivity index (χ0n) is 16.9. The smallest absolute Gasteiger partial charge is 0.277 e. The minimum Gasteiger partial charge on any atom is -0.487 e. The van der Waals surface area contributed by atoms with E-state index < -0.39 is 17.2 Å². The summed E-state index contributed by atoms with van der Waals surface area (Å²) in [4.78, 5) is 26.4. The molecule has 0 saturated carbocycles. The van der Waals surface area contributed by atoms with E-state index in [-0.39, 0.29) is 28.8 Å². The topological polar surface area (TPSA) is 51.5 Å². The maximum Gasteiger partial charge on any atom is 0.277 e. The fourth-order valence-electron chi connectivity index (χ4n) is 3.64. The van der Waals surface area contributed by atoms with Crippen LogP contribution in [0.1, 0.15) is 29.3 Å². The van der Waals surface area contributed by atoms with Gasteiger partial charge in [-0.05, 0) is 42.3 Å². The van der Waals surface area contributed by atoms with E-state index in [1.165, 1.54) is 17.6 Å². The molecule has 31 heavy (non-hydrogen) atoms. The van der Waals surface area contributed by atoms with Gasteiger partial charge in [-0.3, -0.25) is 14.2 Å². The second kappa shape index (κ2) is 8.15. The van der Waals surface area contributed by atoms with Crippen LogP contribution < -0.4 is 10.3 Å². The second-order valence-electron chi connectivity index (χ2n) is 7.46. The van der Waals surface area contributed by atoms with Crippen LogP contribution in [0.25, 0.3) is 5.69 Å². The average molecular weight is 445 g/mol. The molecule has 1 aromatic heterocycles. The van der Waals surface area contributed by atoms with E-state index in [1.54, 1.807) is 17.9 Å². The summed E-state index contributed by atoms with van der Waals surface area (Å²) in [5, 5.41) is -0.140. The predicted octanol–water partition coefficient (Wildman–Crippen LogP) is 4.52. The second-order valence-corrected chi connectivity index (χ2v) is 7.83. The Hall–Kier alpha value is -3.19. The van der Waals surface area contributed by atoms with Crippen LogP contribution in [-0.4, -0.2) is 15.4 Å². The molecule has 0 atom stereocenters. The van der Waals surface area contributed by atoms with E-state index in [2.05, 4.69) is 0 Å². The molecule has 5 nitrogen and oxygen atoms in total. The standard InChI is InChI=1S/C23H19ClF2N2O3/c1-13-7-21(31-12-16-3-5-18(25)9-20(16)26)22(24)23(30)28(13)19-6-4-15-10-27(14(2)29)11-17(15)8-19/h3-9H,10-12H2,1-2H3. The molecule has 2 heterocycles. The Morgan fingerprint density at radius 1 is 1.10 bits per heavy atom. The van der Waals surface area contributed by atoms with Crippen molar-refractivity contribution >= 4 is 17.5 Å². The van der Waals surface area contributed by atoms with Crippen molar-refractivity contribution in [2.45, 2.75) is 33.5 Å². The highest BCUT2D eigenvalue weighted by atomic mass is 35.5. The summed E-state index contributed by atoms with van der Waals surface area (Å²) in [5.74, 6) is -1.31. The number of hydrogen-bond donors (Lipinski definition) is 0. The number of carbonyl (C=O) groups excluding carboxylic acids is 1. The van der Waals surface area contributed by atoms with Gasteiger partial charge in [0.05, 0.1) is 0 Å². The van der Waals surface area contributed by atoms with Gasteiger partial charge < -0.3 is 9.64 Å². The molecular weight excluding hydrogens is 426 g/mol.